The van der Waals surface area contributed by atoms with Crippen LogP contribution in [0, 0.1) is 0 Å². The van der Waals surface area contributed by atoms with E-state index in [0.717, 1.165) is 16.2 Å². The Hall–Kier alpha value is -2.71. The number of nitrogens with zero attached hydrogens (tertiary/aromatic N) is 4. The second-order valence-corrected chi connectivity index (χ2v) is 6.54. The highest BCUT2D eigenvalue weighted by molar-refractivity contribution is 7.15. The van der Waals surface area contributed by atoms with Crippen molar-refractivity contribution >= 4 is 33.8 Å². The number of aromatic nitrogens is 4. The van der Waals surface area contributed by atoms with Gasteiger partial charge in [-0.25, -0.2) is 9.50 Å². The Labute approximate surface area is 151 Å². The molecule has 25 heavy (non-hydrogen) atoms. The quantitative estimate of drug-likeness (QED) is 0.581. The van der Waals surface area contributed by atoms with Crippen LogP contribution < -0.4 is 5.32 Å². The van der Waals surface area contributed by atoms with Gasteiger partial charge in [-0.2, -0.15) is 5.10 Å². The zero-order valence-corrected chi connectivity index (χ0v) is 14.4. The van der Waals surface area contributed by atoms with E-state index < -0.39 is 0 Å². The minimum absolute atomic E-state index is 0.237. The van der Waals surface area contributed by atoms with Crippen LogP contribution >= 0.6 is 22.9 Å². The lowest BCUT2D eigenvalue weighted by Gasteiger charge is -2.01. The predicted molar refractivity (Wildman–Crippen MR) is 93.9 cm³/mol. The van der Waals surface area contributed by atoms with Crippen molar-refractivity contribution in [2.24, 2.45) is 0 Å². The summed E-state index contributed by atoms with van der Waals surface area (Å²) in [6.45, 7) is 0.466. The van der Waals surface area contributed by atoms with Gasteiger partial charge in [-0.15, -0.1) is 11.3 Å². The molecule has 1 N–H and O–H groups in total. The third kappa shape index (κ3) is 3.26. The summed E-state index contributed by atoms with van der Waals surface area (Å²) in [5, 5.41) is 13.4. The maximum atomic E-state index is 12.2. The summed E-state index contributed by atoms with van der Waals surface area (Å²) < 4.78 is 7.01. The first kappa shape index (κ1) is 15.8. The minimum Gasteiger partial charge on any atom is -0.355 e. The molecule has 3 heterocycles. The molecule has 1 amide bonds. The molecule has 0 atom stereocenters. The van der Waals surface area contributed by atoms with E-state index in [9.17, 15) is 4.79 Å². The Kier molecular flexibility index (Phi) is 4.21. The van der Waals surface area contributed by atoms with E-state index in [0.29, 0.717) is 23.7 Å². The third-order valence-corrected chi connectivity index (χ3v) is 4.76. The monoisotopic (exact) mass is 373 g/mol. The fourth-order valence-corrected chi connectivity index (χ4v) is 3.33. The van der Waals surface area contributed by atoms with Gasteiger partial charge >= 0.3 is 0 Å². The zero-order chi connectivity index (χ0) is 17.2. The predicted octanol–water partition coefficient (Wildman–Crippen LogP) is 3.07. The van der Waals surface area contributed by atoms with Crippen molar-refractivity contribution in [1.82, 2.24) is 25.1 Å². The largest absolute Gasteiger partial charge is 0.355 e. The average Bonchev–Trinajstić information content (AvgIpc) is 3.33. The topological polar surface area (TPSA) is 85.3 Å². The van der Waals surface area contributed by atoms with E-state index in [-0.39, 0.29) is 11.6 Å². The van der Waals surface area contributed by atoms with Crippen LogP contribution in [-0.4, -0.2) is 32.2 Å². The molecule has 0 aliphatic rings. The second-order valence-electron chi connectivity index (χ2n) is 5.27. The van der Waals surface area contributed by atoms with Gasteiger partial charge in [-0.1, -0.05) is 16.8 Å². The van der Waals surface area contributed by atoms with Gasteiger partial charge in [0.2, 0.25) is 4.96 Å². The van der Waals surface area contributed by atoms with Gasteiger partial charge in [-0.3, -0.25) is 4.79 Å². The van der Waals surface area contributed by atoms with Crippen molar-refractivity contribution < 1.29 is 9.32 Å². The molecule has 126 valence electrons. The Morgan fingerprint density at radius 1 is 1.32 bits per heavy atom. The second kappa shape index (κ2) is 6.66. The molecule has 3 aromatic heterocycles. The fourth-order valence-electron chi connectivity index (χ4n) is 2.37. The van der Waals surface area contributed by atoms with E-state index in [1.807, 2.05) is 17.5 Å². The number of nitrogens with one attached hydrogen (secondary N) is 1. The lowest BCUT2D eigenvalue weighted by molar-refractivity contribution is 0.0945. The van der Waals surface area contributed by atoms with Crippen LogP contribution in [0.1, 0.15) is 16.2 Å². The molecule has 0 fully saturated rings. The first-order valence-electron chi connectivity index (χ1n) is 7.47. The normalized spacial score (nSPS) is 11.1. The summed E-state index contributed by atoms with van der Waals surface area (Å²) in [6.07, 6.45) is 2.17. The molecule has 0 radical (unpaired) electrons. The van der Waals surface area contributed by atoms with E-state index in [1.165, 1.54) is 17.7 Å². The molecule has 0 saturated heterocycles. The molecule has 0 unspecified atom stereocenters. The zero-order valence-electron chi connectivity index (χ0n) is 12.8. The van der Waals surface area contributed by atoms with Gasteiger partial charge in [0.1, 0.15) is 6.33 Å². The number of fused-ring (bicyclic) bond motifs is 1. The standard InChI is InChI=1S/C16H12ClN5O2S/c17-11-3-1-10(2-4-11)14-7-13(21-24-14)15(23)18-6-5-12-8-25-16-19-9-20-22(12)16/h1-4,7-9H,5-6H2,(H,18,23). The van der Waals surface area contributed by atoms with Crippen molar-refractivity contribution in [3.8, 4) is 11.3 Å². The molecule has 0 saturated carbocycles. The first-order chi connectivity index (χ1) is 12.2. The van der Waals surface area contributed by atoms with Crippen molar-refractivity contribution in [2.75, 3.05) is 6.54 Å². The number of thiazole rings is 1. The first-order valence-corrected chi connectivity index (χ1v) is 8.73. The summed E-state index contributed by atoms with van der Waals surface area (Å²) >= 11 is 7.38. The van der Waals surface area contributed by atoms with Gasteiger partial charge < -0.3 is 9.84 Å². The van der Waals surface area contributed by atoms with Crippen LogP contribution in [-0.2, 0) is 6.42 Å². The smallest absolute Gasteiger partial charge is 0.273 e. The Morgan fingerprint density at radius 3 is 3.00 bits per heavy atom. The van der Waals surface area contributed by atoms with E-state index in [2.05, 4.69) is 20.6 Å². The van der Waals surface area contributed by atoms with E-state index in [1.54, 1.807) is 22.7 Å². The van der Waals surface area contributed by atoms with Crippen molar-refractivity contribution in [3.63, 3.8) is 0 Å². The highest BCUT2D eigenvalue weighted by Crippen LogP contribution is 2.22. The minimum atomic E-state index is -0.283. The number of hydrogen-bond acceptors (Lipinski definition) is 6. The number of hydrogen-bond donors (Lipinski definition) is 1. The van der Waals surface area contributed by atoms with Crippen LogP contribution in [0.3, 0.4) is 0 Å². The lowest BCUT2D eigenvalue weighted by Crippen LogP contribution is -2.26. The number of carbonyl (C=O) groups excluding carboxylic acids is 1. The highest BCUT2D eigenvalue weighted by Gasteiger charge is 2.14. The molecular weight excluding hydrogens is 362 g/mol. The van der Waals surface area contributed by atoms with E-state index in [4.69, 9.17) is 16.1 Å². The van der Waals surface area contributed by atoms with Gasteiger partial charge in [-0.05, 0) is 24.3 Å². The Morgan fingerprint density at radius 2 is 2.16 bits per heavy atom. The summed E-state index contributed by atoms with van der Waals surface area (Å²) in [5.41, 5.74) is 2.05. The summed E-state index contributed by atoms with van der Waals surface area (Å²) in [4.78, 5) is 17.2. The Bertz CT molecular complexity index is 1020. The molecule has 4 aromatic rings. The Balaban J connectivity index is 1.38. The maximum Gasteiger partial charge on any atom is 0.273 e. The van der Waals surface area contributed by atoms with Crippen LogP contribution in [0.25, 0.3) is 16.3 Å². The van der Waals surface area contributed by atoms with Crippen LogP contribution in [0.5, 0.6) is 0 Å². The molecule has 0 spiro atoms. The number of halogens is 1. The van der Waals surface area contributed by atoms with Crippen LogP contribution in [0.2, 0.25) is 5.02 Å². The van der Waals surface area contributed by atoms with Gasteiger partial charge in [0.25, 0.3) is 5.91 Å². The number of benzene rings is 1. The van der Waals surface area contributed by atoms with Gasteiger partial charge in [0.15, 0.2) is 11.5 Å². The average molecular weight is 374 g/mol. The van der Waals surface area contributed by atoms with Crippen LogP contribution in [0.15, 0.2) is 46.6 Å². The van der Waals surface area contributed by atoms with Gasteiger partial charge in [0.05, 0.1) is 5.69 Å². The molecular formula is C16H12ClN5O2S. The molecule has 9 heteroatoms. The lowest BCUT2D eigenvalue weighted by atomic mass is 10.1. The molecule has 1 aromatic carbocycles. The van der Waals surface area contributed by atoms with E-state index >= 15 is 0 Å². The molecule has 4 rings (SSSR count). The van der Waals surface area contributed by atoms with Crippen molar-refractivity contribution in [3.05, 3.63) is 58.4 Å². The van der Waals surface area contributed by atoms with Crippen molar-refractivity contribution in [1.29, 1.82) is 0 Å². The number of amides is 1. The fraction of sp³-hybridized carbons (Fsp3) is 0.125. The highest BCUT2D eigenvalue weighted by atomic mass is 35.5. The maximum absolute atomic E-state index is 12.2. The number of rotatable bonds is 5. The summed E-state index contributed by atoms with van der Waals surface area (Å²) in [5.74, 6) is 0.234. The summed E-state index contributed by atoms with van der Waals surface area (Å²) in [6, 6.07) is 8.74. The van der Waals surface area contributed by atoms with Crippen LogP contribution in [0.4, 0.5) is 0 Å². The SMILES string of the molecule is O=C(NCCc1csc2ncnn12)c1cc(-c2ccc(Cl)cc2)on1. The molecule has 0 bridgehead atoms. The van der Waals surface area contributed by atoms with Gasteiger partial charge in [0, 0.05) is 35.0 Å². The number of carbonyl (C=O) groups is 1. The van der Waals surface area contributed by atoms with Crippen molar-refractivity contribution in [2.45, 2.75) is 6.42 Å². The third-order valence-electron chi connectivity index (χ3n) is 3.63. The molecule has 0 aliphatic heterocycles. The molecule has 0 aliphatic carbocycles. The summed E-state index contributed by atoms with van der Waals surface area (Å²) in [7, 11) is 0. The molecule has 7 nitrogen and oxygen atoms in total.